The minimum absolute atomic E-state index is 0.131. The highest BCUT2D eigenvalue weighted by molar-refractivity contribution is 6.30. The molecule has 2 N–H and O–H groups in total. The van der Waals surface area contributed by atoms with Crippen LogP contribution in [0, 0.1) is 5.82 Å². The van der Waals surface area contributed by atoms with Gasteiger partial charge in [0.05, 0.1) is 5.02 Å². The molecule has 0 bridgehead atoms. The largest absolute Gasteiger partial charge is 0.324 e. The zero-order valence-corrected chi connectivity index (χ0v) is 12.0. The van der Waals surface area contributed by atoms with Crippen molar-refractivity contribution in [3.05, 3.63) is 69.5 Å². The number of benzene rings is 2. The lowest BCUT2D eigenvalue weighted by Gasteiger charge is -2.14. The Morgan fingerprint density at radius 1 is 1.15 bits per heavy atom. The van der Waals surface area contributed by atoms with Crippen molar-refractivity contribution < 1.29 is 4.39 Å². The van der Waals surface area contributed by atoms with Crippen LogP contribution in [0.5, 0.6) is 0 Å². The van der Waals surface area contributed by atoms with Crippen molar-refractivity contribution in [2.75, 3.05) is 0 Å². The zero-order valence-electron chi connectivity index (χ0n) is 11.2. The number of halogens is 2. The minimum Gasteiger partial charge on any atom is -0.324 e. The Morgan fingerprint density at radius 3 is 2.80 bits per heavy atom. The van der Waals surface area contributed by atoms with E-state index in [2.05, 4.69) is 18.2 Å². The first-order valence-corrected chi connectivity index (χ1v) is 7.33. The van der Waals surface area contributed by atoms with E-state index in [-0.39, 0.29) is 11.1 Å². The summed E-state index contributed by atoms with van der Waals surface area (Å²) in [4.78, 5) is 0. The van der Waals surface area contributed by atoms with Crippen molar-refractivity contribution in [2.24, 2.45) is 5.73 Å². The van der Waals surface area contributed by atoms with Crippen LogP contribution in [0.2, 0.25) is 5.02 Å². The van der Waals surface area contributed by atoms with Gasteiger partial charge in [-0.2, -0.15) is 0 Å². The van der Waals surface area contributed by atoms with Crippen molar-refractivity contribution in [1.82, 2.24) is 0 Å². The molecule has 0 aromatic heterocycles. The Labute approximate surface area is 123 Å². The first-order chi connectivity index (χ1) is 9.65. The lowest BCUT2D eigenvalue weighted by Crippen LogP contribution is -2.15. The van der Waals surface area contributed by atoms with Gasteiger partial charge in [0.25, 0.3) is 0 Å². The summed E-state index contributed by atoms with van der Waals surface area (Å²) >= 11 is 5.81. The van der Waals surface area contributed by atoms with Crippen LogP contribution in [-0.2, 0) is 19.3 Å². The fourth-order valence-corrected chi connectivity index (χ4v) is 3.10. The van der Waals surface area contributed by atoms with Gasteiger partial charge in [-0.25, -0.2) is 4.39 Å². The maximum absolute atomic E-state index is 14.0. The summed E-state index contributed by atoms with van der Waals surface area (Å²) in [6, 6.07) is 11.1. The molecule has 1 aliphatic rings. The number of hydrogen-bond donors (Lipinski definition) is 1. The Hall–Kier alpha value is -1.38. The zero-order chi connectivity index (χ0) is 14.1. The highest BCUT2D eigenvalue weighted by Gasteiger charge is 2.16. The van der Waals surface area contributed by atoms with Crippen LogP contribution < -0.4 is 5.73 Å². The fourth-order valence-electron chi connectivity index (χ4n) is 2.92. The van der Waals surface area contributed by atoms with Crippen LogP contribution in [0.15, 0.2) is 36.4 Å². The molecule has 1 aliphatic carbocycles. The molecular formula is C17H17ClFN. The predicted molar refractivity (Wildman–Crippen MR) is 80.5 cm³/mol. The van der Waals surface area contributed by atoms with Crippen molar-refractivity contribution in [3.63, 3.8) is 0 Å². The molecule has 0 fully saturated rings. The summed E-state index contributed by atoms with van der Waals surface area (Å²) in [7, 11) is 0. The van der Waals surface area contributed by atoms with Gasteiger partial charge in [0.1, 0.15) is 5.82 Å². The third kappa shape index (κ3) is 2.58. The minimum atomic E-state index is -0.400. The number of aryl methyl sites for hydroxylation is 2. The molecule has 0 saturated carbocycles. The molecule has 0 saturated heterocycles. The second-order valence-corrected chi connectivity index (χ2v) is 5.82. The van der Waals surface area contributed by atoms with Crippen LogP contribution >= 0.6 is 11.6 Å². The fraction of sp³-hybridized carbons (Fsp3) is 0.294. The number of fused-ring (bicyclic) bond motifs is 1. The van der Waals surface area contributed by atoms with E-state index in [1.54, 1.807) is 18.2 Å². The van der Waals surface area contributed by atoms with Gasteiger partial charge in [-0.05, 0) is 48.4 Å². The smallest absolute Gasteiger partial charge is 0.146 e. The van der Waals surface area contributed by atoms with E-state index >= 15 is 0 Å². The monoisotopic (exact) mass is 289 g/mol. The summed E-state index contributed by atoms with van der Waals surface area (Å²) in [6.45, 7) is 0. The first-order valence-electron chi connectivity index (χ1n) is 6.95. The van der Waals surface area contributed by atoms with E-state index < -0.39 is 5.82 Å². The van der Waals surface area contributed by atoms with Gasteiger partial charge < -0.3 is 5.73 Å². The van der Waals surface area contributed by atoms with Gasteiger partial charge in [-0.3, -0.25) is 0 Å². The van der Waals surface area contributed by atoms with Gasteiger partial charge >= 0.3 is 0 Å². The molecular weight excluding hydrogens is 273 g/mol. The van der Waals surface area contributed by atoms with Crippen LogP contribution in [0.25, 0.3) is 0 Å². The highest BCUT2D eigenvalue weighted by atomic mass is 35.5. The number of rotatable bonds is 3. The first kappa shape index (κ1) is 13.6. The molecule has 20 heavy (non-hydrogen) atoms. The van der Waals surface area contributed by atoms with Crippen molar-refractivity contribution in [1.29, 1.82) is 0 Å². The summed E-state index contributed by atoms with van der Waals surface area (Å²) in [5.74, 6) is -0.400. The topological polar surface area (TPSA) is 26.0 Å². The van der Waals surface area contributed by atoms with Gasteiger partial charge in [-0.1, -0.05) is 41.9 Å². The van der Waals surface area contributed by atoms with Gasteiger partial charge in [0.15, 0.2) is 0 Å². The van der Waals surface area contributed by atoms with Crippen LogP contribution in [0.3, 0.4) is 0 Å². The van der Waals surface area contributed by atoms with E-state index in [9.17, 15) is 4.39 Å². The third-order valence-electron chi connectivity index (χ3n) is 4.00. The molecule has 104 valence electrons. The van der Waals surface area contributed by atoms with Crippen LogP contribution in [0.1, 0.15) is 34.7 Å². The molecule has 1 unspecified atom stereocenters. The van der Waals surface area contributed by atoms with Gasteiger partial charge in [0.2, 0.25) is 0 Å². The van der Waals surface area contributed by atoms with E-state index in [0.29, 0.717) is 12.0 Å². The third-order valence-corrected chi connectivity index (χ3v) is 4.29. The van der Waals surface area contributed by atoms with Crippen molar-refractivity contribution in [2.45, 2.75) is 31.7 Å². The van der Waals surface area contributed by atoms with Crippen LogP contribution in [-0.4, -0.2) is 0 Å². The SMILES string of the molecule is NC(Cc1ccc2c(c1)CCC2)c1cccc(Cl)c1F. The molecule has 0 spiro atoms. The Balaban J connectivity index is 1.82. The maximum Gasteiger partial charge on any atom is 0.146 e. The Bertz CT molecular complexity index is 639. The number of hydrogen-bond acceptors (Lipinski definition) is 1. The Kier molecular flexibility index (Phi) is 3.77. The molecule has 2 aromatic rings. The molecule has 0 aliphatic heterocycles. The predicted octanol–water partition coefficient (Wildman–Crippen LogP) is 4.21. The normalized spacial score (nSPS) is 15.2. The van der Waals surface area contributed by atoms with E-state index in [0.717, 1.165) is 12.0 Å². The lowest BCUT2D eigenvalue weighted by molar-refractivity contribution is 0.580. The highest BCUT2D eigenvalue weighted by Crippen LogP contribution is 2.27. The summed E-state index contributed by atoms with van der Waals surface area (Å²) in [6.07, 6.45) is 4.17. The summed E-state index contributed by atoms with van der Waals surface area (Å²) < 4.78 is 14.0. The quantitative estimate of drug-likeness (QED) is 0.900. The van der Waals surface area contributed by atoms with Crippen LogP contribution in [0.4, 0.5) is 4.39 Å². The molecule has 0 amide bonds. The Morgan fingerprint density at radius 2 is 1.95 bits per heavy atom. The average Bonchev–Trinajstić information content (AvgIpc) is 2.89. The van der Waals surface area contributed by atoms with E-state index in [1.807, 2.05) is 0 Å². The van der Waals surface area contributed by atoms with Gasteiger partial charge in [0, 0.05) is 11.6 Å². The standard InChI is InChI=1S/C17H17ClFN/c18-15-6-2-5-14(17(15)19)16(20)10-11-7-8-12-3-1-4-13(12)9-11/h2,5-9,16H,1,3-4,10,20H2. The molecule has 0 heterocycles. The molecule has 1 nitrogen and oxygen atoms in total. The summed E-state index contributed by atoms with van der Waals surface area (Å²) in [5.41, 5.74) is 10.7. The molecule has 3 rings (SSSR count). The summed E-state index contributed by atoms with van der Waals surface area (Å²) in [5, 5.41) is 0.131. The van der Waals surface area contributed by atoms with Crippen molar-refractivity contribution in [3.8, 4) is 0 Å². The second kappa shape index (κ2) is 5.55. The lowest BCUT2D eigenvalue weighted by atomic mass is 9.97. The molecule has 0 radical (unpaired) electrons. The maximum atomic E-state index is 14.0. The average molecular weight is 290 g/mol. The molecule has 1 atom stereocenters. The van der Waals surface area contributed by atoms with E-state index in [4.69, 9.17) is 17.3 Å². The molecule has 2 aromatic carbocycles. The number of nitrogens with two attached hydrogens (primary N) is 1. The van der Waals surface area contributed by atoms with E-state index in [1.165, 1.54) is 24.0 Å². The van der Waals surface area contributed by atoms with Gasteiger partial charge in [-0.15, -0.1) is 0 Å². The van der Waals surface area contributed by atoms with Crippen molar-refractivity contribution >= 4 is 11.6 Å². The second-order valence-electron chi connectivity index (χ2n) is 5.41. The molecule has 3 heteroatoms.